The molecule has 1 N–H and O–H groups in total. The molecule has 6 nitrogen and oxygen atoms in total. The fourth-order valence-corrected chi connectivity index (χ4v) is 2.82. The molecular weight excluding hydrogens is 328 g/mol. The average molecular weight is 358 g/mol. The van der Waals surface area contributed by atoms with Crippen molar-refractivity contribution >= 4 is 11.8 Å². The minimum absolute atomic E-state index is 0.651. The smallest absolute Gasteiger partial charge is 0.227 e. The Labute approximate surface area is 156 Å². The highest BCUT2D eigenvalue weighted by atomic mass is 16.5. The summed E-state index contributed by atoms with van der Waals surface area (Å²) in [6, 6.07) is 7.88. The predicted octanol–water partition coefficient (Wildman–Crippen LogP) is 4.04. The van der Waals surface area contributed by atoms with Crippen LogP contribution in [0, 0.1) is 6.92 Å². The molecule has 0 fully saturated rings. The molecule has 2 rings (SSSR count). The van der Waals surface area contributed by atoms with Crippen LogP contribution < -0.4 is 19.7 Å². The Bertz CT molecular complexity index is 700. The zero-order chi connectivity index (χ0) is 18.9. The van der Waals surface area contributed by atoms with Crippen molar-refractivity contribution in [1.29, 1.82) is 0 Å². The zero-order valence-electron chi connectivity index (χ0n) is 16.5. The van der Waals surface area contributed by atoms with Gasteiger partial charge in [-0.1, -0.05) is 19.9 Å². The summed E-state index contributed by atoms with van der Waals surface area (Å²) in [6.07, 6.45) is 2.15. The Morgan fingerprint density at radius 2 is 1.65 bits per heavy atom. The Morgan fingerprint density at radius 1 is 0.962 bits per heavy atom. The number of methoxy groups -OCH3 is 2. The quantitative estimate of drug-likeness (QED) is 0.692. The van der Waals surface area contributed by atoms with Gasteiger partial charge in [0.1, 0.15) is 5.82 Å². The van der Waals surface area contributed by atoms with Crippen LogP contribution in [0.1, 0.15) is 37.9 Å². The van der Waals surface area contributed by atoms with Crippen molar-refractivity contribution in [3.05, 3.63) is 35.5 Å². The van der Waals surface area contributed by atoms with Crippen molar-refractivity contribution in [3.8, 4) is 11.5 Å². The number of benzene rings is 1. The monoisotopic (exact) mass is 358 g/mol. The van der Waals surface area contributed by atoms with Crippen LogP contribution in [0.5, 0.6) is 11.5 Å². The Balaban J connectivity index is 2.14. The molecular formula is C20H30N4O2. The summed E-state index contributed by atoms with van der Waals surface area (Å²) in [5.74, 6) is 3.08. The van der Waals surface area contributed by atoms with Crippen LogP contribution in [0.25, 0.3) is 0 Å². The van der Waals surface area contributed by atoms with Crippen molar-refractivity contribution < 1.29 is 9.47 Å². The first-order valence-electron chi connectivity index (χ1n) is 9.16. The second kappa shape index (κ2) is 9.85. The minimum Gasteiger partial charge on any atom is -0.493 e. The fourth-order valence-electron chi connectivity index (χ4n) is 2.82. The van der Waals surface area contributed by atoms with Gasteiger partial charge in [0.05, 0.1) is 14.2 Å². The highest BCUT2D eigenvalue weighted by Gasteiger charge is 2.10. The molecule has 0 aliphatic carbocycles. The van der Waals surface area contributed by atoms with Gasteiger partial charge in [0.2, 0.25) is 5.95 Å². The number of hydrogen-bond donors (Lipinski definition) is 1. The lowest BCUT2D eigenvalue weighted by molar-refractivity contribution is 0.354. The minimum atomic E-state index is 0.651. The Morgan fingerprint density at radius 3 is 2.27 bits per heavy atom. The first-order valence-corrected chi connectivity index (χ1v) is 9.16. The maximum atomic E-state index is 5.37. The van der Waals surface area contributed by atoms with Crippen molar-refractivity contribution in [3.63, 3.8) is 0 Å². The molecule has 0 unspecified atom stereocenters. The van der Waals surface area contributed by atoms with E-state index in [9.17, 15) is 0 Å². The van der Waals surface area contributed by atoms with Gasteiger partial charge in [-0.05, 0) is 37.5 Å². The molecule has 26 heavy (non-hydrogen) atoms. The summed E-state index contributed by atoms with van der Waals surface area (Å²) in [5.41, 5.74) is 2.06. The average Bonchev–Trinajstić information content (AvgIpc) is 2.65. The molecule has 6 heteroatoms. The lowest BCUT2D eigenvalue weighted by atomic mass is 10.2. The van der Waals surface area contributed by atoms with Crippen LogP contribution in [0.15, 0.2) is 24.3 Å². The van der Waals surface area contributed by atoms with Crippen molar-refractivity contribution in [2.24, 2.45) is 0 Å². The maximum absolute atomic E-state index is 5.37. The molecule has 0 radical (unpaired) electrons. The second-order valence-electron chi connectivity index (χ2n) is 6.22. The Hall–Kier alpha value is -2.50. The van der Waals surface area contributed by atoms with Gasteiger partial charge in [-0.15, -0.1) is 0 Å². The lowest BCUT2D eigenvalue weighted by Gasteiger charge is -2.22. The molecule has 0 atom stereocenters. The van der Waals surface area contributed by atoms with E-state index in [0.717, 1.165) is 60.5 Å². The van der Waals surface area contributed by atoms with Gasteiger partial charge in [0, 0.05) is 31.4 Å². The number of aromatic nitrogens is 2. The predicted molar refractivity (Wildman–Crippen MR) is 106 cm³/mol. The maximum Gasteiger partial charge on any atom is 0.227 e. The summed E-state index contributed by atoms with van der Waals surface area (Å²) < 4.78 is 10.7. The number of anilines is 2. The van der Waals surface area contributed by atoms with Crippen LogP contribution in [0.2, 0.25) is 0 Å². The summed E-state index contributed by atoms with van der Waals surface area (Å²) >= 11 is 0. The van der Waals surface area contributed by atoms with E-state index in [1.54, 1.807) is 14.2 Å². The van der Waals surface area contributed by atoms with Crippen molar-refractivity contribution in [2.75, 3.05) is 37.5 Å². The van der Waals surface area contributed by atoms with Crippen LogP contribution >= 0.6 is 0 Å². The third kappa shape index (κ3) is 5.25. The van der Waals surface area contributed by atoms with Gasteiger partial charge in [-0.25, -0.2) is 4.98 Å². The normalized spacial score (nSPS) is 10.5. The molecule has 142 valence electrons. The van der Waals surface area contributed by atoms with Crippen LogP contribution in [-0.2, 0) is 6.54 Å². The molecule has 0 spiro atoms. The first-order chi connectivity index (χ1) is 12.6. The fraction of sp³-hybridized carbons (Fsp3) is 0.500. The van der Waals surface area contributed by atoms with Gasteiger partial charge in [-0.3, -0.25) is 0 Å². The Kier molecular flexibility index (Phi) is 7.51. The molecule has 0 saturated carbocycles. The highest BCUT2D eigenvalue weighted by Crippen LogP contribution is 2.27. The van der Waals surface area contributed by atoms with Gasteiger partial charge >= 0.3 is 0 Å². The number of ether oxygens (including phenoxy) is 2. The summed E-state index contributed by atoms with van der Waals surface area (Å²) in [4.78, 5) is 11.6. The van der Waals surface area contributed by atoms with E-state index in [1.807, 2.05) is 31.2 Å². The third-order valence-electron chi connectivity index (χ3n) is 4.03. The molecule has 0 aliphatic rings. The molecule has 1 heterocycles. The van der Waals surface area contributed by atoms with E-state index < -0.39 is 0 Å². The number of rotatable bonds is 10. The number of aryl methyl sites for hydroxylation is 1. The number of nitrogens with zero attached hydrogens (tertiary/aromatic N) is 3. The van der Waals surface area contributed by atoms with Crippen LogP contribution in [-0.4, -0.2) is 37.3 Å². The number of hydrogen-bond acceptors (Lipinski definition) is 6. The molecule has 0 amide bonds. The van der Waals surface area contributed by atoms with E-state index in [0.29, 0.717) is 6.54 Å². The highest BCUT2D eigenvalue weighted by molar-refractivity contribution is 5.46. The van der Waals surface area contributed by atoms with Crippen LogP contribution in [0.3, 0.4) is 0 Å². The summed E-state index contributed by atoms with van der Waals surface area (Å²) in [7, 11) is 3.28. The number of nitrogens with one attached hydrogen (secondary N) is 1. The zero-order valence-corrected chi connectivity index (χ0v) is 16.5. The molecule has 2 aromatic rings. The van der Waals surface area contributed by atoms with Gasteiger partial charge < -0.3 is 19.7 Å². The molecule has 0 aliphatic heterocycles. The molecule has 1 aromatic carbocycles. The topological polar surface area (TPSA) is 59.5 Å². The van der Waals surface area contributed by atoms with E-state index in [-0.39, 0.29) is 0 Å². The third-order valence-corrected chi connectivity index (χ3v) is 4.03. The van der Waals surface area contributed by atoms with Gasteiger partial charge in [0.15, 0.2) is 11.5 Å². The summed E-state index contributed by atoms with van der Waals surface area (Å²) in [5, 5.41) is 3.40. The van der Waals surface area contributed by atoms with Gasteiger partial charge in [-0.2, -0.15) is 4.98 Å². The first kappa shape index (κ1) is 19.8. The van der Waals surface area contributed by atoms with Gasteiger partial charge in [0.25, 0.3) is 0 Å². The van der Waals surface area contributed by atoms with E-state index >= 15 is 0 Å². The lowest BCUT2D eigenvalue weighted by Crippen LogP contribution is -2.27. The summed E-state index contributed by atoms with van der Waals surface area (Å²) in [6.45, 7) is 8.93. The van der Waals surface area contributed by atoms with E-state index in [2.05, 4.69) is 29.0 Å². The SMILES string of the molecule is CCCN(CCC)c1nc(C)cc(NCc2ccc(OC)c(OC)c2)n1. The molecule has 0 bridgehead atoms. The second-order valence-corrected chi connectivity index (χ2v) is 6.22. The van der Waals surface area contributed by atoms with E-state index in [1.165, 1.54) is 0 Å². The van der Waals surface area contributed by atoms with E-state index in [4.69, 9.17) is 14.5 Å². The van der Waals surface area contributed by atoms with Crippen LogP contribution in [0.4, 0.5) is 11.8 Å². The molecule has 1 aromatic heterocycles. The van der Waals surface area contributed by atoms with Crippen molar-refractivity contribution in [2.45, 2.75) is 40.2 Å². The standard InChI is InChI=1S/C20H30N4O2/c1-6-10-24(11-7-2)20-22-15(3)12-19(23-20)21-14-16-8-9-17(25-4)18(13-16)26-5/h8-9,12-13H,6-7,10-11,14H2,1-5H3,(H,21,22,23). The van der Waals surface area contributed by atoms with Crippen molar-refractivity contribution in [1.82, 2.24) is 9.97 Å². The molecule has 0 saturated heterocycles. The largest absolute Gasteiger partial charge is 0.493 e.